The second-order valence-corrected chi connectivity index (χ2v) is 5.38. The first-order valence-corrected chi connectivity index (χ1v) is 6.56. The number of carbonyl (C=O) groups excluding carboxylic acids is 1. The number of amides is 1. The van der Waals surface area contributed by atoms with Gasteiger partial charge in [-0.2, -0.15) is 0 Å². The molecule has 1 amide bonds. The van der Waals surface area contributed by atoms with E-state index in [1.54, 1.807) is 11.2 Å². The van der Waals surface area contributed by atoms with Crippen LogP contribution in [0.25, 0.3) is 0 Å². The van der Waals surface area contributed by atoms with Crippen LogP contribution in [-0.2, 0) is 11.3 Å². The summed E-state index contributed by atoms with van der Waals surface area (Å²) >= 11 is 0. The van der Waals surface area contributed by atoms with E-state index in [2.05, 4.69) is 24.1 Å². The number of nitrogens with one attached hydrogen (secondary N) is 1. The number of hydrogen-bond acceptors (Lipinski definition) is 3. The summed E-state index contributed by atoms with van der Waals surface area (Å²) in [7, 11) is 1.86. The van der Waals surface area contributed by atoms with Gasteiger partial charge in [0.25, 0.3) is 0 Å². The van der Waals surface area contributed by atoms with Crippen LogP contribution in [0, 0.1) is 5.92 Å². The molecule has 1 atom stereocenters. The van der Waals surface area contributed by atoms with Crippen LogP contribution in [0.5, 0.6) is 0 Å². The van der Waals surface area contributed by atoms with Crippen molar-refractivity contribution in [2.45, 2.75) is 32.9 Å². The molecule has 100 valence electrons. The van der Waals surface area contributed by atoms with Crippen LogP contribution < -0.4 is 5.32 Å². The topological polar surface area (TPSA) is 50.2 Å². The fourth-order valence-corrected chi connectivity index (χ4v) is 2.30. The molecule has 1 unspecified atom stereocenters. The van der Waals surface area contributed by atoms with Crippen molar-refractivity contribution in [3.05, 3.63) is 18.2 Å². The number of hydrogen-bond donors (Lipinski definition) is 1. The summed E-state index contributed by atoms with van der Waals surface area (Å²) in [5.41, 5.74) is 1.09. The van der Waals surface area contributed by atoms with Gasteiger partial charge in [0.15, 0.2) is 0 Å². The van der Waals surface area contributed by atoms with E-state index in [0.29, 0.717) is 5.92 Å². The van der Waals surface area contributed by atoms with Crippen LogP contribution in [0.1, 0.15) is 32.0 Å². The van der Waals surface area contributed by atoms with Gasteiger partial charge in [-0.15, -0.1) is 0 Å². The number of aromatic nitrogens is 2. The van der Waals surface area contributed by atoms with Gasteiger partial charge in [-0.25, -0.2) is 4.98 Å². The molecular formula is C13H22N4O. The summed E-state index contributed by atoms with van der Waals surface area (Å²) in [5.74, 6) is 0.818. The maximum absolute atomic E-state index is 12.0. The molecule has 2 heterocycles. The minimum absolute atomic E-state index is 0.0617. The van der Waals surface area contributed by atoms with Crippen LogP contribution in [0.2, 0.25) is 0 Å². The van der Waals surface area contributed by atoms with Crippen molar-refractivity contribution >= 4 is 5.91 Å². The minimum atomic E-state index is -0.0617. The fourth-order valence-electron chi connectivity index (χ4n) is 2.30. The highest BCUT2D eigenvalue weighted by atomic mass is 16.2. The molecule has 1 saturated heterocycles. The zero-order chi connectivity index (χ0) is 13.1. The maximum Gasteiger partial charge on any atom is 0.245 e. The first-order valence-electron chi connectivity index (χ1n) is 6.56. The molecule has 0 radical (unpaired) electrons. The van der Waals surface area contributed by atoms with Gasteiger partial charge in [0, 0.05) is 26.3 Å². The van der Waals surface area contributed by atoms with E-state index >= 15 is 0 Å². The SMILES string of the molecule is CC(C)CNCc1cncn1C1CCN(C)C1=O. The van der Waals surface area contributed by atoms with Gasteiger partial charge in [0.1, 0.15) is 6.04 Å². The lowest BCUT2D eigenvalue weighted by molar-refractivity contribution is -0.129. The molecule has 1 N–H and O–H groups in total. The summed E-state index contributed by atoms with van der Waals surface area (Å²) in [6.45, 7) is 6.94. The van der Waals surface area contributed by atoms with Gasteiger partial charge in [-0.1, -0.05) is 13.8 Å². The number of likely N-dealkylation sites (tertiary alicyclic amines) is 1. The number of nitrogens with zero attached hydrogens (tertiary/aromatic N) is 3. The largest absolute Gasteiger partial charge is 0.344 e. The minimum Gasteiger partial charge on any atom is -0.344 e. The van der Waals surface area contributed by atoms with E-state index in [-0.39, 0.29) is 11.9 Å². The Morgan fingerprint density at radius 3 is 2.94 bits per heavy atom. The highest BCUT2D eigenvalue weighted by Crippen LogP contribution is 2.23. The number of carbonyl (C=O) groups is 1. The molecule has 18 heavy (non-hydrogen) atoms. The van der Waals surface area contributed by atoms with E-state index < -0.39 is 0 Å². The standard InChI is InChI=1S/C13H22N4O/c1-10(2)6-14-7-11-8-15-9-17(11)12-4-5-16(3)13(12)18/h8-10,12,14H,4-7H2,1-3H3. The number of rotatable bonds is 5. The number of likely N-dealkylation sites (N-methyl/N-ethyl adjacent to an activating group) is 1. The molecule has 0 spiro atoms. The molecule has 1 aromatic heterocycles. The second-order valence-electron chi connectivity index (χ2n) is 5.38. The third kappa shape index (κ3) is 2.72. The third-order valence-electron chi connectivity index (χ3n) is 3.34. The van der Waals surface area contributed by atoms with Crippen molar-refractivity contribution in [3.8, 4) is 0 Å². The van der Waals surface area contributed by atoms with Gasteiger partial charge in [0.05, 0.1) is 12.0 Å². The van der Waals surface area contributed by atoms with Gasteiger partial charge in [-0.3, -0.25) is 4.79 Å². The van der Waals surface area contributed by atoms with Crippen LogP contribution in [-0.4, -0.2) is 40.5 Å². The third-order valence-corrected chi connectivity index (χ3v) is 3.34. The van der Waals surface area contributed by atoms with Crippen molar-refractivity contribution in [2.24, 2.45) is 5.92 Å². The molecule has 0 saturated carbocycles. The molecule has 5 heteroatoms. The van der Waals surface area contributed by atoms with Gasteiger partial charge in [-0.05, 0) is 18.9 Å². The second kappa shape index (κ2) is 5.52. The lowest BCUT2D eigenvalue weighted by atomic mass is 10.2. The van der Waals surface area contributed by atoms with E-state index in [1.165, 1.54) is 0 Å². The Labute approximate surface area is 108 Å². The Kier molecular flexibility index (Phi) is 4.01. The summed E-state index contributed by atoms with van der Waals surface area (Å²) in [6.07, 6.45) is 4.50. The first-order chi connectivity index (χ1) is 8.59. The van der Waals surface area contributed by atoms with E-state index in [4.69, 9.17) is 0 Å². The monoisotopic (exact) mass is 250 g/mol. The first kappa shape index (κ1) is 13.1. The van der Waals surface area contributed by atoms with Crippen molar-refractivity contribution in [3.63, 3.8) is 0 Å². The zero-order valence-electron chi connectivity index (χ0n) is 11.4. The smallest absolute Gasteiger partial charge is 0.245 e. The molecule has 0 aliphatic carbocycles. The van der Waals surface area contributed by atoms with Gasteiger partial charge < -0.3 is 14.8 Å². The average Bonchev–Trinajstić information content (AvgIpc) is 2.88. The Bertz CT molecular complexity index is 413. The Hall–Kier alpha value is -1.36. The summed E-state index contributed by atoms with van der Waals surface area (Å²) < 4.78 is 2.01. The van der Waals surface area contributed by atoms with Gasteiger partial charge in [0.2, 0.25) is 5.91 Å². The predicted octanol–water partition coefficient (Wildman–Crippen LogP) is 1.03. The molecular weight excluding hydrogens is 228 g/mol. The Morgan fingerprint density at radius 2 is 2.33 bits per heavy atom. The molecule has 1 aliphatic heterocycles. The van der Waals surface area contributed by atoms with Gasteiger partial charge >= 0.3 is 0 Å². The molecule has 5 nitrogen and oxygen atoms in total. The zero-order valence-corrected chi connectivity index (χ0v) is 11.4. The predicted molar refractivity (Wildman–Crippen MR) is 70.1 cm³/mol. The normalized spacial score (nSPS) is 20.1. The molecule has 1 fully saturated rings. The highest BCUT2D eigenvalue weighted by molar-refractivity contribution is 5.82. The van der Waals surface area contributed by atoms with Crippen molar-refractivity contribution < 1.29 is 4.79 Å². The van der Waals surface area contributed by atoms with Crippen molar-refractivity contribution in [1.82, 2.24) is 19.8 Å². The Morgan fingerprint density at radius 1 is 1.56 bits per heavy atom. The van der Waals surface area contributed by atoms with Crippen molar-refractivity contribution in [2.75, 3.05) is 20.1 Å². The molecule has 0 bridgehead atoms. The maximum atomic E-state index is 12.0. The van der Waals surface area contributed by atoms with E-state index in [9.17, 15) is 4.79 Å². The number of imidazole rings is 1. The summed E-state index contributed by atoms with van der Waals surface area (Å²) in [5, 5.41) is 3.39. The van der Waals surface area contributed by atoms with Crippen molar-refractivity contribution in [1.29, 1.82) is 0 Å². The van der Waals surface area contributed by atoms with Crippen LogP contribution in [0.4, 0.5) is 0 Å². The van der Waals surface area contributed by atoms with Crippen LogP contribution in [0.15, 0.2) is 12.5 Å². The lowest BCUT2D eigenvalue weighted by Gasteiger charge is -2.15. The molecule has 1 aliphatic rings. The highest BCUT2D eigenvalue weighted by Gasteiger charge is 2.31. The molecule has 0 aromatic carbocycles. The van der Waals surface area contributed by atoms with E-state index in [1.807, 2.05) is 17.8 Å². The summed E-state index contributed by atoms with van der Waals surface area (Å²) in [4.78, 5) is 18.0. The summed E-state index contributed by atoms with van der Waals surface area (Å²) in [6, 6.07) is -0.0617. The average molecular weight is 250 g/mol. The van der Waals surface area contributed by atoms with E-state index in [0.717, 1.165) is 31.7 Å². The van der Waals surface area contributed by atoms with Crippen LogP contribution in [0.3, 0.4) is 0 Å². The fraction of sp³-hybridized carbons (Fsp3) is 0.692. The lowest BCUT2D eigenvalue weighted by Crippen LogP contribution is -2.26. The molecule has 2 rings (SSSR count). The quantitative estimate of drug-likeness (QED) is 0.849. The van der Waals surface area contributed by atoms with Crippen LogP contribution >= 0.6 is 0 Å². The Balaban J connectivity index is 2.01. The molecule has 1 aromatic rings.